The third-order valence-corrected chi connectivity index (χ3v) is 5.46. The van der Waals surface area contributed by atoms with E-state index in [1.807, 2.05) is 0 Å². The highest BCUT2D eigenvalue weighted by molar-refractivity contribution is 8.18. The predicted molar refractivity (Wildman–Crippen MR) is 97.9 cm³/mol. The minimum atomic E-state index is -4.04. The molecule has 1 amide bonds. The Labute approximate surface area is 153 Å². The molecule has 0 unspecified atom stereocenters. The zero-order valence-electron chi connectivity index (χ0n) is 12.5. The number of amidine groups is 1. The highest BCUT2D eigenvalue weighted by Crippen LogP contribution is 2.31. The first-order valence-corrected chi connectivity index (χ1v) is 9.52. The van der Waals surface area contributed by atoms with Gasteiger partial charge in [0.05, 0.1) is 4.91 Å². The number of carbonyl (C=O) groups is 1. The highest BCUT2D eigenvalue weighted by atomic mass is 35.5. The van der Waals surface area contributed by atoms with Crippen molar-refractivity contribution in [3.8, 4) is 5.75 Å². The van der Waals surface area contributed by atoms with Crippen LogP contribution in [-0.2, 0) is 14.9 Å². The number of thioether (sulfide) groups is 1. The fourth-order valence-corrected chi connectivity index (χ4v) is 3.76. The molecule has 0 fully saturated rings. The van der Waals surface area contributed by atoms with Crippen molar-refractivity contribution in [2.45, 2.75) is 4.90 Å². The van der Waals surface area contributed by atoms with Crippen molar-refractivity contribution in [1.82, 2.24) is 0 Å². The molecule has 2 aromatic carbocycles. The summed E-state index contributed by atoms with van der Waals surface area (Å²) in [6.07, 6.45) is 1.49. The summed E-state index contributed by atoms with van der Waals surface area (Å²) in [5.74, 6) is -0.387. The third-order valence-electron chi connectivity index (χ3n) is 3.14. The number of nitrogens with two attached hydrogens (primary N) is 1. The first-order valence-electron chi connectivity index (χ1n) is 6.92. The van der Waals surface area contributed by atoms with Gasteiger partial charge in [-0.3, -0.25) is 4.79 Å². The number of para-hydroxylation sites is 1. The third kappa shape index (κ3) is 4.04. The molecule has 9 heteroatoms. The van der Waals surface area contributed by atoms with E-state index in [9.17, 15) is 13.2 Å². The number of aliphatic imine (C=N–C) groups is 1. The Morgan fingerprint density at radius 2 is 1.80 bits per heavy atom. The lowest BCUT2D eigenvalue weighted by Gasteiger charge is -2.10. The number of benzene rings is 2. The molecule has 1 heterocycles. The van der Waals surface area contributed by atoms with Crippen LogP contribution in [0.15, 0.2) is 63.3 Å². The predicted octanol–water partition coefficient (Wildman–Crippen LogP) is 3.04. The molecule has 1 aliphatic heterocycles. The van der Waals surface area contributed by atoms with Crippen LogP contribution in [0.4, 0.5) is 0 Å². The molecule has 6 nitrogen and oxygen atoms in total. The van der Waals surface area contributed by atoms with Gasteiger partial charge in [0.1, 0.15) is 10.6 Å². The maximum atomic E-state index is 12.4. The quantitative estimate of drug-likeness (QED) is 0.632. The molecule has 0 atom stereocenters. The van der Waals surface area contributed by atoms with Gasteiger partial charge in [0.25, 0.3) is 5.91 Å². The summed E-state index contributed by atoms with van der Waals surface area (Å²) < 4.78 is 30.1. The van der Waals surface area contributed by atoms with Crippen molar-refractivity contribution >= 4 is 50.6 Å². The lowest BCUT2D eigenvalue weighted by Crippen LogP contribution is -2.10. The summed E-state index contributed by atoms with van der Waals surface area (Å²) in [5, 5.41) is 0.557. The summed E-state index contributed by atoms with van der Waals surface area (Å²) in [6.45, 7) is 0. The normalized spacial score (nSPS) is 16.1. The monoisotopic (exact) mass is 394 g/mol. The van der Waals surface area contributed by atoms with E-state index in [1.165, 1.54) is 36.4 Å². The Kier molecular flexibility index (Phi) is 4.85. The standard InChI is InChI=1S/C16H11ClN2O4S2/c17-11-5-7-12(8-6-11)25(21,22)23-13-4-2-1-3-10(13)9-14-15(20)19-16(18)24-14/h1-9H,(H2,18,19,20)/b14-9-. The second-order valence-corrected chi connectivity index (χ2v) is 7.94. The van der Waals surface area contributed by atoms with Crippen LogP contribution < -0.4 is 9.92 Å². The van der Waals surface area contributed by atoms with Crippen LogP contribution in [0, 0.1) is 0 Å². The maximum absolute atomic E-state index is 12.4. The van der Waals surface area contributed by atoms with E-state index < -0.39 is 16.0 Å². The Balaban J connectivity index is 1.93. The van der Waals surface area contributed by atoms with Crippen molar-refractivity contribution in [3.63, 3.8) is 0 Å². The molecular formula is C16H11ClN2O4S2. The van der Waals surface area contributed by atoms with Crippen LogP contribution in [0.2, 0.25) is 5.02 Å². The van der Waals surface area contributed by atoms with Gasteiger partial charge in [0.2, 0.25) is 0 Å². The topological polar surface area (TPSA) is 98.8 Å². The minimum Gasteiger partial charge on any atom is -0.378 e. The van der Waals surface area contributed by atoms with E-state index in [-0.39, 0.29) is 20.7 Å². The molecule has 3 rings (SSSR count). The van der Waals surface area contributed by atoms with E-state index in [4.69, 9.17) is 21.5 Å². The largest absolute Gasteiger partial charge is 0.378 e. The lowest BCUT2D eigenvalue weighted by molar-refractivity contribution is -0.113. The average molecular weight is 395 g/mol. The zero-order chi connectivity index (χ0) is 18.0. The van der Waals surface area contributed by atoms with Crippen LogP contribution in [0.5, 0.6) is 5.75 Å². The van der Waals surface area contributed by atoms with Crippen LogP contribution >= 0.6 is 23.4 Å². The summed E-state index contributed by atoms with van der Waals surface area (Å²) in [5.41, 5.74) is 5.93. The maximum Gasteiger partial charge on any atom is 0.339 e. The second-order valence-electron chi connectivity index (χ2n) is 4.90. The molecule has 0 aliphatic carbocycles. The van der Waals surface area contributed by atoms with Crippen molar-refractivity contribution in [3.05, 3.63) is 64.0 Å². The molecule has 0 spiro atoms. The number of hydrogen-bond acceptors (Lipinski definition) is 6. The molecule has 0 radical (unpaired) electrons. The molecule has 0 saturated carbocycles. The number of halogens is 1. The first-order chi connectivity index (χ1) is 11.8. The van der Waals surface area contributed by atoms with E-state index in [2.05, 4.69) is 4.99 Å². The van der Waals surface area contributed by atoms with Crippen molar-refractivity contribution < 1.29 is 17.4 Å². The Morgan fingerprint density at radius 3 is 2.44 bits per heavy atom. The fourth-order valence-electron chi connectivity index (χ4n) is 2.01. The molecule has 0 bridgehead atoms. The Hall–Kier alpha value is -2.29. The van der Waals surface area contributed by atoms with Gasteiger partial charge in [-0.25, -0.2) is 0 Å². The van der Waals surface area contributed by atoms with E-state index >= 15 is 0 Å². The highest BCUT2D eigenvalue weighted by Gasteiger charge is 2.22. The molecule has 1 aliphatic rings. The van der Waals surface area contributed by atoms with Gasteiger partial charge in [-0.2, -0.15) is 13.4 Å². The van der Waals surface area contributed by atoms with Crippen molar-refractivity contribution in [2.75, 3.05) is 0 Å². The van der Waals surface area contributed by atoms with E-state index in [0.717, 1.165) is 11.8 Å². The van der Waals surface area contributed by atoms with Crippen LogP contribution in [0.1, 0.15) is 5.56 Å². The lowest BCUT2D eigenvalue weighted by atomic mass is 10.2. The van der Waals surface area contributed by atoms with Gasteiger partial charge >= 0.3 is 10.1 Å². The van der Waals surface area contributed by atoms with Crippen LogP contribution in [-0.4, -0.2) is 19.5 Å². The van der Waals surface area contributed by atoms with Gasteiger partial charge in [-0.15, -0.1) is 0 Å². The first kappa shape index (κ1) is 17.5. The number of nitrogens with zero attached hydrogens (tertiary/aromatic N) is 1. The summed E-state index contributed by atoms with van der Waals surface area (Å²) in [4.78, 5) is 15.6. The molecule has 25 heavy (non-hydrogen) atoms. The van der Waals surface area contributed by atoms with Crippen molar-refractivity contribution in [1.29, 1.82) is 0 Å². The van der Waals surface area contributed by atoms with E-state index in [0.29, 0.717) is 10.6 Å². The molecule has 128 valence electrons. The molecule has 0 saturated heterocycles. The SMILES string of the molecule is NC1=NC(=O)/C(=C/c2ccccc2OS(=O)(=O)c2ccc(Cl)cc2)S1. The Bertz CT molecular complexity index is 999. The van der Waals surface area contributed by atoms with E-state index in [1.54, 1.807) is 18.2 Å². The Morgan fingerprint density at radius 1 is 1.12 bits per heavy atom. The number of amides is 1. The minimum absolute atomic E-state index is 0.0294. The number of hydrogen-bond donors (Lipinski definition) is 1. The van der Waals surface area contributed by atoms with Gasteiger partial charge in [0.15, 0.2) is 5.17 Å². The molecular weight excluding hydrogens is 384 g/mol. The number of carbonyl (C=O) groups excluding carboxylic acids is 1. The van der Waals surface area contributed by atoms with Crippen LogP contribution in [0.25, 0.3) is 6.08 Å². The van der Waals surface area contributed by atoms with Crippen molar-refractivity contribution in [2.24, 2.45) is 10.7 Å². The summed E-state index contributed by atoms with van der Waals surface area (Å²) in [6, 6.07) is 12.1. The molecule has 2 aromatic rings. The smallest absolute Gasteiger partial charge is 0.339 e. The molecule has 0 aromatic heterocycles. The summed E-state index contributed by atoms with van der Waals surface area (Å²) >= 11 is 6.78. The van der Waals surface area contributed by atoms with Gasteiger partial charge in [-0.1, -0.05) is 29.8 Å². The van der Waals surface area contributed by atoms with Gasteiger partial charge in [0, 0.05) is 10.6 Å². The van der Waals surface area contributed by atoms with Crippen LogP contribution in [0.3, 0.4) is 0 Å². The average Bonchev–Trinajstić information content (AvgIpc) is 2.87. The second kappa shape index (κ2) is 6.91. The zero-order valence-corrected chi connectivity index (χ0v) is 14.9. The number of rotatable bonds is 4. The summed E-state index contributed by atoms with van der Waals surface area (Å²) in [7, 11) is -4.04. The molecule has 2 N–H and O–H groups in total. The van der Waals surface area contributed by atoms with Gasteiger partial charge in [-0.05, 0) is 48.2 Å². The fraction of sp³-hybridized carbons (Fsp3) is 0. The van der Waals surface area contributed by atoms with Gasteiger partial charge < -0.3 is 9.92 Å².